The van der Waals surface area contributed by atoms with E-state index >= 15 is 0 Å². The molecule has 1 aromatic carbocycles. The van der Waals surface area contributed by atoms with E-state index < -0.39 is 12.6 Å². The van der Waals surface area contributed by atoms with E-state index in [4.69, 9.17) is 25.5 Å². The normalized spacial score (nSPS) is 14.0. The highest BCUT2D eigenvalue weighted by Gasteiger charge is 2.27. The van der Waals surface area contributed by atoms with Gasteiger partial charge in [-0.25, -0.2) is 4.79 Å². The van der Waals surface area contributed by atoms with Gasteiger partial charge < -0.3 is 23.7 Å². The number of rotatable bonds is 5. The Hall–Kier alpha value is -3.04. The molecule has 0 unspecified atom stereocenters. The molecule has 0 atom stereocenters. The van der Waals surface area contributed by atoms with Crippen molar-refractivity contribution in [1.82, 2.24) is 9.80 Å². The summed E-state index contributed by atoms with van der Waals surface area (Å²) >= 11 is 7.51. The number of furan rings is 1. The summed E-state index contributed by atoms with van der Waals surface area (Å²) in [5, 5.41) is 1.02. The molecule has 2 amide bonds. The van der Waals surface area contributed by atoms with Gasteiger partial charge in [-0.2, -0.15) is 0 Å². The molecule has 1 aliphatic rings. The number of carbonyl (C=O) groups excluding carboxylic acids is 3. The number of hydrogen-bond donors (Lipinski definition) is 0. The standard InChI is InChI=1S/C21H19ClN2O6S/c1-28-13-4-5-14-16(11-13)31-19(18(14)22)21(27)30-12-17(25)23-6-8-24(9-7-23)20(26)15-3-2-10-29-15/h2-5,10-11H,6-9,12H2,1H3. The fourth-order valence-electron chi connectivity index (χ4n) is 3.30. The zero-order chi connectivity index (χ0) is 22.0. The van der Waals surface area contributed by atoms with Crippen LogP contribution in [-0.2, 0) is 9.53 Å². The Balaban J connectivity index is 1.32. The molecule has 3 aromatic rings. The zero-order valence-corrected chi connectivity index (χ0v) is 18.2. The first-order chi connectivity index (χ1) is 15.0. The zero-order valence-electron chi connectivity index (χ0n) is 16.6. The SMILES string of the molecule is COc1ccc2c(Cl)c(C(=O)OCC(=O)N3CCN(C(=O)c4ccco4)CC3)sc2c1. The van der Waals surface area contributed by atoms with Crippen LogP contribution in [0.4, 0.5) is 0 Å². The number of piperazine rings is 1. The fraction of sp³-hybridized carbons (Fsp3) is 0.286. The van der Waals surface area contributed by atoms with Crippen molar-refractivity contribution in [1.29, 1.82) is 0 Å². The molecule has 4 rings (SSSR count). The largest absolute Gasteiger partial charge is 0.497 e. The van der Waals surface area contributed by atoms with Crippen molar-refractivity contribution in [2.24, 2.45) is 0 Å². The van der Waals surface area contributed by atoms with Gasteiger partial charge in [-0.05, 0) is 30.3 Å². The van der Waals surface area contributed by atoms with E-state index in [0.717, 1.165) is 10.1 Å². The van der Waals surface area contributed by atoms with E-state index in [9.17, 15) is 14.4 Å². The van der Waals surface area contributed by atoms with Crippen LogP contribution >= 0.6 is 22.9 Å². The summed E-state index contributed by atoms with van der Waals surface area (Å²) in [5.74, 6) is -0.251. The highest BCUT2D eigenvalue weighted by Crippen LogP contribution is 2.37. The highest BCUT2D eigenvalue weighted by molar-refractivity contribution is 7.21. The van der Waals surface area contributed by atoms with Gasteiger partial charge in [0, 0.05) is 36.3 Å². The van der Waals surface area contributed by atoms with Crippen LogP contribution < -0.4 is 4.74 Å². The third-order valence-electron chi connectivity index (χ3n) is 5.00. The highest BCUT2D eigenvalue weighted by atomic mass is 35.5. The molecule has 1 aliphatic heterocycles. The Morgan fingerprint density at radius 2 is 1.87 bits per heavy atom. The summed E-state index contributed by atoms with van der Waals surface area (Å²) in [6.45, 7) is 1.07. The number of amides is 2. The molecule has 0 aliphatic carbocycles. The Morgan fingerprint density at radius 3 is 2.55 bits per heavy atom. The first-order valence-corrected chi connectivity index (χ1v) is 10.7. The van der Waals surface area contributed by atoms with Crippen molar-refractivity contribution < 1.29 is 28.3 Å². The van der Waals surface area contributed by atoms with E-state index in [1.165, 1.54) is 17.6 Å². The van der Waals surface area contributed by atoms with E-state index in [1.54, 1.807) is 47.2 Å². The summed E-state index contributed by atoms with van der Waals surface area (Å²) in [6, 6.07) is 8.58. The van der Waals surface area contributed by atoms with Crippen LogP contribution in [0.25, 0.3) is 10.1 Å². The minimum atomic E-state index is -0.648. The lowest BCUT2D eigenvalue weighted by Gasteiger charge is -2.34. The second-order valence-electron chi connectivity index (χ2n) is 6.83. The number of ether oxygens (including phenoxy) is 2. The minimum absolute atomic E-state index is 0.209. The fourth-order valence-corrected chi connectivity index (χ4v) is 4.73. The number of fused-ring (bicyclic) bond motifs is 1. The lowest BCUT2D eigenvalue weighted by Crippen LogP contribution is -2.51. The second kappa shape index (κ2) is 8.99. The molecule has 1 saturated heterocycles. The molecule has 31 heavy (non-hydrogen) atoms. The Morgan fingerprint density at radius 1 is 1.13 bits per heavy atom. The van der Waals surface area contributed by atoms with Gasteiger partial charge >= 0.3 is 5.97 Å². The number of carbonyl (C=O) groups is 3. The monoisotopic (exact) mass is 462 g/mol. The first-order valence-electron chi connectivity index (χ1n) is 9.51. The third-order valence-corrected chi connectivity index (χ3v) is 6.64. The van der Waals surface area contributed by atoms with E-state index in [2.05, 4.69) is 0 Å². The van der Waals surface area contributed by atoms with Crippen molar-refractivity contribution in [2.45, 2.75) is 0 Å². The molecular weight excluding hydrogens is 444 g/mol. The molecule has 0 bridgehead atoms. The topological polar surface area (TPSA) is 89.3 Å². The summed E-state index contributed by atoms with van der Waals surface area (Å²) in [6.07, 6.45) is 1.45. The van der Waals surface area contributed by atoms with E-state index in [0.29, 0.717) is 37.0 Å². The van der Waals surface area contributed by atoms with Gasteiger partial charge in [0.05, 0.1) is 18.4 Å². The van der Waals surface area contributed by atoms with Gasteiger partial charge in [0.15, 0.2) is 12.4 Å². The summed E-state index contributed by atoms with van der Waals surface area (Å²) < 4.78 is 16.3. The first kappa shape index (κ1) is 21.2. The molecule has 0 radical (unpaired) electrons. The van der Waals surface area contributed by atoms with Crippen LogP contribution in [0.2, 0.25) is 5.02 Å². The number of halogens is 1. The average Bonchev–Trinajstić information content (AvgIpc) is 3.45. The van der Waals surface area contributed by atoms with Crippen LogP contribution in [0.1, 0.15) is 20.2 Å². The van der Waals surface area contributed by atoms with Crippen LogP contribution in [0, 0.1) is 0 Å². The van der Waals surface area contributed by atoms with E-state index in [-0.39, 0.29) is 22.5 Å². The predicted molar refractivity (Wildman–Crippen MR) is 115 cm³/mol. The molecule has 8 nitrogen and oxygen atoms in total. The molecule has 162 valence electrons. The Labute approximate surface area is 186 Å². The molecule has 0 N–H and O–H groups in total. The average molecular weight is 463 g/mol. The molecule has 0 spiro atoms. The lowest BCUT2D eigenvalue weighted by atomic mass is 10.2. The molecule has 3 heterocycles. The molecule has 1 fully saturated rings. The number of hydrogen-bond acceptors (Lipinski definition) is 7. The number of benzene rings is 1. The Bertz CT molecular complexity index is 1120. The summed E-state index contributed by atoms with van der Waals surface area (Å²) in [4.78, 5) is 40.7. The van der Waals surface area contributed by atoms with Crippen molar-refractivity contribution >= 4 is 50.8 Å². The summed E-state index contributed by atoms with van der Waals surface area (Å²) in [7, 11) is 1.56. The van der Waals surface area contributed by atoms with Crippen LogP contribution in [-0.4, -0.2) is 67.5 Å². The number of nitrogens with zero attached hydrogens (tertiary/aromatic N) is 2. The van der Waals surface area contributed by atoms with Gasteiger partial charge in [-0.3, -0.25) is 9.59 Å². The minimum Gasteiger partial charge on any atom is -0.497 e. The molecule has 0 saturated carbocycles. The number of thiophene rings is 1. The second-order valence-corrected chi connectivity index (χ2v) is 8.26. The van der Waals surface area contributed by atoms with Gasteiger partial charge in [0.2, 0.25) is 0 Å². The maximum Gasteiger partial charge on any atom is 0.350 e. The van der Waals surface area contributed by atoms with Gasteiger partial charge in [-0.1, -0.05) is 11.6 Å². The maximum absolute atomic E-state index is 12.5. The lowest BCUT2D eigenvalue weighted by molar-refractivity contribution is -0.136. The molecular formula is C21H19ClN2O6S. The third kappa shape index (κ3) is 4.38. The van der Waals surface area contributed by atoms with Gasteiger partial charge in [0.1, 0.15) is 10.6 Å². The quantitative estimate of drug-likeness (QED) is 0.540. The Kier molecular flexibility index (Phi) is 6.15. The van der Waals surface area contributed by atoms with Gasteiger partial charge in [0.25, 0.3) is 11.8 Å². The van der Waals surface area contributed by atoms with Crippen molar-refractivity contribution in [3.05, 3.63) is 52.3 Å². The number of methoxy groups -OCH3 is 1. The molecule has 2 aromatic heterocycles. The van der Waals surface area contributed by atoms with Crippen molar-refractivity contribution in [2.75, 3.05) is 39.9 Å². The van der Waals surface area contributed by atoms with Crippen molar-refractivity contribution in [3.63, 3.8) is 0 Å². The van der Waals surface area contributed by atoms with E-state index in [1.807, 2.05) is 0 Å². The predicted octanol–water partition coefficient (Wildman–Crippen LogP) is 3.30. The van der Waals surface area contributed by atoms with Crippen LogP contribution in [0.5, 0.6) is 5.75 Å². The smallest absolute Gasteiger partial charge is 0.350 e. The number of esters is 1. The summed E-state index contributed by atoms with van der Waals surface area (Å²) in [5.41, 5.74) is 0. The van der Waals surface area contributed by atoms with Crippen molar-refractivity contribution in [3.8, 4) is 5.75 Å². The van der Waals surface area contributed by atoms with Gasteiger partial charge in [-0.15, -0.1) is 11.3 Å². The van der Waals surface area contributed by atoms with Crippen LogP contribution in [0.3, 0.4) is 0 Å². The van der Waals surface area contributed by atoms with Crippen LogP contribution in [0.15, 0.2) is 41.0 Å². The molecule has 10 heteroatoms. The maximum atomic E-state index is 12.5.